The molecule has 0 unspecified atom stereocenters. The third kappa shape index (κ3) is 3.34. The first-order valence-corrected chi connectivity index (χ1v) is 9.84. The summed E-state index contributed by atoms with van der Waals surface area (Å²) in [4.78, 5) is 2.54. The monoisotopic (exact) mass is 373 g/mol. The molecule has 1 saturated heterocycles. The van der Waals surface area contributed by atoms with Crippen LogP contribution in [0.1, 0.15) is 35.8 Å². The van der Waals surface area contributed by atoms with Gasteiger partial charge in [0.1, 0.15) is 5.58 Å². The number of fused-ring (bicyclic) bond motifs is 1. The predicted molar refractivity (Wildman–Crippen MR) is 108 cm³/mol. The molecule has 0 aliphatic carbocycles. The largest absolute Gasteiger partial charge is 0.464 e. The Labute approximate surface area is 164 Å². The molecule has 142 valence electrons. The summed E-state index contributed by atoms with van der Waals surface area (Å²) in [6.07, 6.45) is 4.22. The molecule has 2 aromatic carbocycles. The standard InChI is InChI=1S/C23H23N3O2/c1-16-24-25-23(28-16)19-7-8-22-20(13-19)21(15-27-22)18-9-11-26(12-10-18)14-17-5-3-2-4-6-17/h2-8,13,15,18H,9-12,14H2,1H3. The van der Waals surface area contributed by atoms with Crippen molar-refractivity contribution in [2.75, 3.05) is 13.1 Å². The fourth-order valence-electron chi connectivity index (χ4n) is 4.15. The molecule has 0 atom stereocenters. The van der Waals surface area contributed by atoms with E-state index in [4.69, 9.17) is 8.83 Å². The Morgan fingerprint density at radius 1 is 1.04 bits per heavy atom. The van der Waals surface area contributed by atoms with Gasteiger partial charge in [0, 0.05) is 30.0 Å². The quantitative estimate of drug-likeness (QED) is 0.494. The van der Waals surface area contributed by atoms with Gasteiger partial charge in [-0.2, -0.15) is 0 Å². The lowest BCUT2D eigenvalue weighted by Crippen LogP contribution is -2.32. The summed E-state index contributed by atoms with van der Waals surface area (Å²) in [7, 11) is 0. The summed E-state index contributed by atoms with van der Waals surface area (Å²) in [6.45, 7) is 5.05. The lowest BCUT2D eigenvalue weighted by Gasteiger charge is -2.31. The summed E-state index contributed by atoms with van der Waals surface area (Å²) >= 11 is 0. The van der Waals surface area contributed by atoms with E-state index in [1.165, 1.54) is 11.1 Å². The van der Waals surface area contributed by atoms with Crippen LogP contribution < -0.4 is 0 Å². The number of piperidine rings is 1. The topological polar surface area (TPSA) is 55.3 Å². The molecule has 4 aromatic rings. The van der Waals surface area contributed by atoms with Crippen LogP contribution in [0.2, 0.25) is 0 Å². The highest BCUT2D eigenvalue weighted by Crippen LogP contribution is 2.36. The second kappa shape index (κ2) is 7.24. The number of hydrogen-bond donors (Lipinski definition) is 0. The van der Waals surface area contributed by atoms with E-state index in [1.807, 2.05) is 25.3 Å². The maximum absolute atomic E-state index is 5.84. The van der Waals surface area contributed by atoms with Crippen molar-refractivity contribution in [2.45, 2.75) is 32.2 Å². The Morgan fingerprint density at radius 2 is 1.86 bits per heavy atom. The van der Waals surface area contributed by atoms with Crippen molar-refractivity contribution in [1.82, 2.24) is 15.1 Å². The van der Waals surface area contributed by atoms with Crippen LogP contribution in [0, 0.1) is 6.92 Å². The van der Waals surface area contributed by atoms with E-state index in [9.17, 15) is 0 Å². The maximum atomic E-state index is 5.84. The second-order valence-corrected chi connectivity index (χ2v) is 7.56. The van der Waals surface area contributed by atoms with Gasteiger partial charge in [-0.25, -0.2) is 0 Å². The summed E-state index contributed by atoms with van der Waals surface area (Å²) in [5.41, 5.74) is 4.54. The summed E-state index contributed by atoms with van der Waals surface area (Å²) in [6, 6.07) is 16.8. The molecule has 5 nitrogen and oxygen atoms in total. The highest BCUT2D eigenvalue weighted by Gasteiger charge is 2.24. The number of nitrogens with zero attached hydrogens (tertiary/aromatic N) is 3. The van der Waals surface area contributed by atoms with E-state index in [2.05, 4.69) is 51.5 Å². The zero-order chi connectivity index (χ0) is 18.9. The molecule has 3 heterocycles. The molecule has 0 amide bonds. The van der Waals surface area contributed by atoms with Crippen LogP contribution >= 0.6 is 0 Å². The fourth-order valence-corrected chi connectivity index (χ4v) is 4.15. The van der Waals surface area contributed by atoms with Crippen LogP contribution in [0.15, 0.2) is 63.6 Å². The van der Waals surface area contributed by atoms with Gasteiger partial charge in [0.05, 0.1) is 6.26 Å². The zero-order valence-electron chi connectivity index (χ0n) is 16.0. The van der Waals surface area contributed by atoms with E-state index in [0.717, 1.165) is 49.0 Å². The summed E-state index contributed by atoms with van der Waals surface area (Å²) < 4.78 is 11.4. The average molecular weight is 373 g/mol. The second-order valence-electron chi connectivity index (χ2n) is 7.56. The number of hydrogen-bond acceptors (Lipinski definition) is 5. The maximum Gasteiger partial charge on any atom is 0.247 e. The van der Waals surface area contributed by atoms with Crippen molar-refractivity contribution < 1.29 is 8.83 Å². The molecule has 0 radical (unpaired) electrons. The number of aromatic nitrogens is 2. The smallest absolute Gasteiger partial charge is 0.247 e. The van der Waals surface area contributed by atoms with Crippen LogP contribution in [0.3, 0.4) is 0 Å². The molecule has 0 spiro atoms. The Kier molecular flexibility index (Phi) is 4.45. The molecule has 5 heteroatoms. The zero-order valence-corrected chi connectivity index (χ0v) is 16.0. The highest BCUT2D eigenvalue weighted by atomic mass is 16.4. The molecule has 2 aromatic heterocycles. The van der Waals surface area contributed by atoms with Gasteiger partial charge in [0.15, 0.2) is 0 Å². The van der Waals surface area contributed by atoms with Gasteiger partial charge in [-0.1, -0.05) is 30.3 Å². The third-order valence-electron chi connectivity index (χ3n) is 5.65. The Balaban J connectivity index is 1.34. The average Bonchev–Trinajstić information content (AvgIpc) is 3.35. The number of benzene rings is 2. The van der Waals surface area contributed by atoms with Crippen LogP contribution in [0.4, 0.5) is 0 Å². The van der Waals surface area contributed by atoms with Gasteiger partial charge in [-0.3, -0.25) is 4.90 Å². The molecule has 0 N–H and O–H groups in total. The van der Waals surface area contributed by atoms with Crippen molar-refractivity contribution in [1.29, 1.82) is 0 Å². The van der Waals surface area contributed by atoms with Crippen molar-refractivity contribution in [2.24, 2.45) is 0 Å². The number of rotatable bonds is 4. The molecule has 1 fully saturated rings. The first-order chi connectivity index (χ1) is 13.8. The normalized spacial score (nSPS) is 16.0. The fraction of sp³-hybridized carbons (Fsp3) is 0.304. The minimum Gasteiger partial charge on any atom is -0.464 e. The molecule has 28 heavy (non-hydrogen) atoms. The molecule has 0 bridgehead atoms. The van der Waals surface area contributed by atoms with E-state index in [-0.39, 0.29) is 0 Å². The molecule has 1 aliphatic heterocycles. The van der Waals surface area contributed by atoms with E-state index < -0.39 is 0 Å². The SMILES string of the molecule is Cc1nnc(-c2ccc3occ(C4CCN(Cc5ccccc5)CC4)c3c2)o1. The Morgan fingerprint density at radius 3 is 2.61 bits per heavy atom. The highest BCUT2D eigenvalue weighted by molar-refractivity contribution is 5.85. The summed E-state index contributed by atoms with van der Waals surface area (Å²) in [5, 5.41) is 9.25. The van der Waals surface area contributed by atoms with E-state index >= 15 is 0 Å². The first-order valence-electron chi connectivity index (χ1n) is 9.84. The molecule has 5 rings (SSSR count). The minimum absolute atomic E-state index is 0.521. The lowest BCUT2D eigenvalue weighted by atomic mass is 9.88. The van der Waals surface area contributed by atoms with Crippen molar-refractivity contribution >= 4 is 11.0 Å². The number of furan rings is 1. The van der Waals surface area contributed by atoms with Crippen LogP contribution in [0.5, 0.6) is 0 Å². The van der Waals surface area contributed by atoms with E-state index in [0.29, 0.717) is 17.7 Å². The molecule has 0 saturated carbocycles. The third-order valence-corrected chi connectivity index (χ3v) is 5.65. The first kappa shape index (κ1) is 17.2. The molecular weight excluding hydrogens is 350 g/mol. The van der Waals surface area contributed by atoms with Crippen LogP contribution in [-0.2, 0) is 6.54 Å². The van der Waals surface area contributed by atoms with Crippen LogP contribution in [0.25, 0.3) is 22.4 Å². The number of aryl methyl sites for hydroxylation is 1. The van der Waals surface area contributed by atoms with E-state index in [1.54, 1.807) is 0 Å². The van der Waals surface area contributed by atoms with Gasteiger partial charge >= 0.3 is 0 Å². The predicted octanol–water partition coefficient (Wildman–Crippen LogP) is 5.17. The van der Waals surface area contributed by atoms with Crippen molar-refractivity contribution in [3.63, 3.8) is 0 Å². The molecule has 1 aliphatic rings. The number of likely N-dealkylation sites (tertiary alicyclic amines) is 1. The summed E-state index contributed by atoms with van der Waals surface area (Å²) in [5.74, 6) is 1.66. The van der Waals surface area contributed by atoms with Gasteiger partial charge in [0.2, 0.25) is 11.8 Å². The minimum atomic E-state index is 0.521. The van der Waals surface area contributed by atoms with Crippen LogP contribution in [-0.4, -0.2) is 28.2 Å². The lowest BCUT2D eigenvalue weighted by molar-refractivity contribution is 0.204. The van der Waals surface area contributed by atoms with Gasteiger partial charge in [-0.15, -0.1) is 10.2 Å². The van der Waals surface area contributed by atoms with Gasteiger partial charge in [-0.05, 0) is 55.6 Å². The Bertz CT molecular complexity index is 1080. The van der Waals surface area contributed by atoms with Gasteiger partial charge < -0.3 is 8.83 Å². The van der Waals surface area contributed by atoms with Gasteiger partial charge in [0.25, 0.3) is 0 Å². The van der Waals surface area contributed by atoms with Crippen molar-refractivity contribution in [3.05, 3.63) is 71.8 Å². The van der Waals surface area contributed by atoms with Crippen molar-refractivity contribution in [3.8, 4) is 11.5 Å². The Hall–Kier alpha value is -2.92. The molecular formula is C23H23N3O2.